The van der Waals surface area contributed by atoms with E-state index in [0.29, 0.717) is 6.04 Å². The number of likely N-dealkylation sites (N-methyl/N-ethyl adjacent to an activating group) is 1. The minimum Gasteiger partial charge on any atom is -0.338 e. The first kappa shape index (κ1) is 4.13. The molecular formula is C6H7NO. The number of β-lactam (4-membered cyclic amide) rings is 1. The quantitative estimate of drug-likeness (QED) is 0.317. The molecule has 0 bridgehead atoms. The molecule has 1 saturated heterocycles. The van der Waals surface area contributed by atoms with Gasteiger partial charge in [-0.05, 0) is 0 Å². The van der Waals surface area contributed by atoms with Crippen LogP contribution >= 0.6 is 0 Å². The molecule has 1 fully saturated rings. The Morgan fingerprint density at radius 3 is 2.50 bits per heavy atom. The molecule has 1 aliphatic carbocycles. The summed E-state index contributed by atoms with van der Waals surface area (Å²) in [5, 5.41) is 0. The van der Waals surface area contributed by atoms with Gasteiger partial charge in [-0.1, -0.05) is 12.2 Å². The monoisotopic (exact) mass is 109 g/mol. The second-order valence-electron chi connectivity index (χ2n) is 2.35. The molecule has 2 heteroatoms. The highest BCUT2D eigenvalue weighted by atomic mass is 16.2. The standard InChI is InChI=1S/C6H7NO/c1-7-5-3-2-4(5)6(7)8/h2-5H,1H3/t4-,5+/m0/s1. The van der Waals surface area contributed by atoms with Crippen molar-refractivity contribution in [1.29, 1.82) is 0 Å². The summed E-state index contributed by atoms with van der Waals surface area (Å²) in [5.74, 6) is 0.539. The van der Waals surface area contributed by atoms with E-state index in [0.717, 1.165) is 0 Å². The zero-order valence-corrected chi connectivity index (χ0v) is 4.66. The van der Waals surface area contributed by atoms with Gasteiger partial charge in [-0.3, -0.25) is 4.79 Å². The van der Waals surface area contributed by atoms with E-state index in [2.05, 4.69) is 6.08 Å². The average molecular weight is 109 g/mol. The van der Waals surface area contributed by atoms with Crippen LogP contribution in [-0.4, -0.2) is 23.9 Å². The van der Waals surface area contributed by atoms with E-state index in [9.17, 15) is 4.79 Å². The predicted octanol–water partition coefficient (Wildman–Crippen LogP) is 0.0130. The summed E-state index contributed by atoms with van der Waals surface area (Å²) in [6.07, 6.45) is 4.03. The van der Waals surface area contributed by atoms with Crippen molar-refractivity contribution in [3.8, 4) is 0 Å². The maximum absolute atomic E-state index is 10.7. The molecule has 0 radical (unpaired) electrons. The van der Waals surface area contributed by atoms with Crippen LogP contribution in [0.2, 0.25) is 0 Å². The van der Waals surface area contributed by atoms with Crippen LogP contribution < -0.4 is 0 Å². The molecule has 2 rings (SSSR count). The summed E-state index contributed by atoms with van der Waals surface area (Å²) in [4.78, 5) is 12.5. The Labute approximate surface area is 47.8 Å². The van der Waals surface area contributed by atoms with Crippen molar-refractivity contribution in [2.45, 2.75) is 6.04 Å². The fraction of sp³-hybridized carbons (Fsp3) is 0.500. The number of hydrogen-bond acceptors (Lipinski definition) is 1. The van der Waals surface area contributed by atoms with Crippen molar-refractivity contribution in [2.24, 2.45) is 5.92 Å². The molecule has 0 aromatic rings. The van der Waals surface area contributed by atoms with E-state index in [1.54, 1.807) is 4.90 Å². The number of hydrogen-bond donors (Lipinski definition) is 0. The van der Waals surface area contributed by atoms with Crippen LogP contribution in [0.1, 0.15) is 0 Å². The molecule has 8 heavy (non-hydrogen) atoms. The molecule has 0 N–H and O–H groups in total. The molecule has 0 aromatic heterocycles. The van der Waals surface area contributed by atoms with Gasteiger partial charge < -0.3 is 4.90 Å². The van der Waals surface area contributed by atoms with E-state index in [1.165, 1.54) is 0 Å². The highest BCUT2D eigenvalue weighted by molar-refractivity contribution is 5.90. The van der Waals surface area contributed by atoms with Gasteiger partial charge in [0.1, 0.15) is 0 Å². The lowest BCUT2D eigenvalue weighted by molar-refractivity contribution is -0.149. The number of fused-ring (bicyclic) bond motifs is 1. The lowest BCUT2D eigenvalue weighted by atomic mass is 9.79. The molecule has 0 unspecified atom stereocenters. The van der Waals surface area contributed by atoms with E-state index in [-0.39, 0.29) is 11.8 Å². The van der Waals surface area contributed by atoms with Crippen LogP contribution in [0.5, 0.6) is 0 Å². The number of amides is 1. The van der Waals surface area contributed by atoms with Gasteiger partial charge in [-0.15, -0.1) is 0 Å². The number of carbonyl (C=O) groups is 1. The lowest BCUT2D eigenvalue weighted by Gasteiger charge is -2.47. The van der Waals surface area contributed by atoms with Crippen molar-refractivity contribution in [3.05, 3.63) is 12.2 Å². The molecule has 0 aromatic carbocycles. The maximum atomic E-state index is 10.7. The van der Waals surface area contributed by atoms with E-state index < -0.39 is 0 Å². The molecule has 2 aliphatic rings. The van der Waals surface area contributed by atoms with Gasteiger partial charge in [0.15, 0.2) is 0 Å². The van der Waals surface area contributed by atoms with E-state index in [4.69, 9.17) is 0 Å². The van der Waals surface area contributed by atoms with Crippen molar-refractivity contribution < 1.29 is 4.79 Å². The van der Waals surface area contributed by atoms with Gasteiger partial charge in [-0.2, -0.15) is 0 Å². The zero-order chi connectivity index (χ0) is 5.72. The van der Waals surface area contributed by atoms with Crippen molar-refractivity contribution in [2.75, 3.05) is 7.05 Å². The molecule has 1 amide bonds. The molecule has 0 spiro atoms. The zero-order valence-electron chi connectivity index (χ0n) is 4.66. The summed E-state index contributed by atoms with van der Waals surface area (Å²) in [6, 6.07) is 0.461. The third kappa shape index (κ3) is 0.226. The van der Waals surface area contributed by atoms with Gasteiger partial charge in [0.25, 0.3) is 0 Å². The topological polar surface area (TPSA) is 20.3 Å². The Kier molecular flexibility index (Phi) is 0.498. The molecule has 1 aliphatic heterocycles. The van der Waals surface area contributed by atoms with Gasteiger partial charge in [0.2, 0.25) is 5.91 Å². The fourth-order valence-electron chi connectivity index (χ4n) is 1.22. The van der Waals surface area contributed by atoms with Crippen molar-refractivity contribution in [3.63, 3.8) is 0 Å². The van der Waals surface area contributed by atoms with Gasteiger partial charge >= 0.3 is 0 Å². The first-order valence-corrected chi connectivity index (χ1v) is 2.76. The summed E-state index contributed by atoms with van der Waals surface area (Å²) in [6.45, 7) is 0. The van der Waals surface area contributed by atoms with Crippen LogP contribution in [-0.2, 0) is 4.79 Å². The fourth-order valence-corrected chi connectivity index (χ4v) is 1.22. The lowest BCUT2D eigenvalue weighted by Crippen LogP contribution is -2.60. The number of nitrogens with zero attached hydrogens (tertiary/aromatic N) is 1. The molecule has 2 atom stereocenters. The van der Waals surface area contributed by atoms with Crippen LogP contribution in [0.3, 0.4) is 0 Å². The predicted molar refractivity (Wildman–Crippen MR) is 29.2 cm³/mol. The highest BCUT2D eigenvalue weighted by Crippen LogP contribution is 2.34. The molecule has 42 valence electrons. The Morgan fingerprint density at radius 1 is 1.62 bits per heavy atom. The van der Waals surface area contributed by atoms with Gasteiger partial charge in [0, 0.05) is 7.05 Å². The maximum Gasteiger partial charge on any atom is 0.232 e. The Balaban J connectivity index is 2.27. The number of rotatable bonds is 0. The van der Waals surface area contributed by atoms with E-state index >= 15 is 0 Å². The van der Waals surface area contributed by atoms with Crippen LogP contribution in [0.4, 0.5) is 0 Å². The average Bonchev–Trinajstić information content (AvgIpc) is 1.64. The van der Waals surface area contributed by atoms with E-state index in [1.807, 2.05) is 13.1 Å². The van der Waals surface area contributed by atoms with Crippen LogP contribution in [0.25, 0.3) is 0 Å². The minimum absolute atomic E-state index is 0.264. The summed E-state index contributed by atoms with van der Waals surface area (Å²) in [5.41, 5.74) is 0. The SMILES string of the molecule is CN1C(=O)[C@H]2C=C[C@H]21. The molecule has 1 heterocycles. The normalized spacial score (nSPS) is 40.6. The van der Waals surface area contributed by atoms with Crippen molar-refractivity contribution >= 4 is 5.91 Å². The summed E-state index contributed by atoms with van der Waals surface area (Å²) < 4.78 is 0. The molecule has 0 saturated carbocycles. The van der Waals surface area contributed by atoms with Crippen LogP contribution in [0, 0.1) is 5.92 Å². The Hall–Kier alpha value is -0.790. The largest absolute Gasteiger partial charge is 0.338 e. The Bertz CT molecular complexity index is 173. The summed E-state index contributed by atoms with van der Waals surface area (Å²) >= 11 is 0. The van der Waals surface area contributed by atoms with Gasteiger partial charge in [0.05, 0.1) is 12.0 Å². The first-order chi connectivity index (χ1) is 3.80. The second-order valence-corrected chi connectivity index (χ2v) is 2.35. The van der Waals surface area contributed by atoms with Gasteiger partial charge in [-0.25, -0.2) is 0 Å². The highest BCUT2D eigenvalue weighted by Gasteiger charge is 2.46. The number of likely N-dealkylation sites (tertiary alicyclic amines) is 1. The first-order valence-electron chi connectivity index (χ1n) is 2.76. The second kappa shape index (κ2) is 0.966. The molecular weight excluding hydrogens is 102 g/mol. The van der Waals surface area contributed by atoms with Crippen LogP contribution in [0.15, 0.2) is 12.2 Å². The minimum atomic E-state index is 0.264. The number of carbonyl (C=O) groups excluding carboxylic acids is 1. The molecule has 2 nitrogen and oxygen atoms in total. The third-order valence-corrected chi connectivity index (χ3v) is 1.96. The third-order valence-electron chi connectivity index (χ3n) is 1.96. The Morgan fingerprint density at radius 2 is 2.38 bits per heavy atom. The summed E-state index contributed by atoms with van der Waals surface area (Å²) in [7, 11) is 1.84. The van der Waals surface area contributed by atoms with Crippen molar-refractivity contribution in [1.82, 2.24) is 4.90 Å². The smallest absolute Gasteiger partial charge is 0.232 e.